The molecule has 78 valence electrons. The molecule has 0 aromatic rings. The molecule has 0 fully saturated rings. The largest absolute Gasteiger partial charge is 0.311 e. The lowest BCUT2D eigenvalue weighted by Gasteiger charge is -2.32. The second-order valence-electron chi connectivity index (χ2n) is 4.03. The molecule has 0 aliphatic rings. The smallest absolute Gasteiger partial charge is 0.0252 e. The van der Waals surface area contributed by atoms with Gasteiger partial charge in [-0.2, -0.15) is 0 Å². The van der Waals surface area contributed by atoms with Gasteiger partial charge >= 0.3 is 0 Å². The van der Waals surface area contributed by atoms with Gasteiger partial charge in [0.1, 0.15) is 0 Å². The summed E-state index contributed by atoms with van der Waals surface area (Å²) in [6.45, 7) is 16.7. The van der Waals surface area contributed by atoms with Gasteiger partial charge in [-0.1, -0.05) is 19.9 Å². The van der Waals surface area contributed by atoms with E-state index < -0.39 is 0 Å². The van der Waals surface area contributed by atoms with Crippen LogP contribution in [0.3, 0.4) is 0 Å². The van der Waals surface area contributed by atoms with Gasteiger partial charge in [0.25, 0.3) is 0 Å². The van der Waals surface area contributed by atoms with Crippen molar-refractivity contribution in [2.75, 3.05) is 26.2 Å². The van der Waals surface area contributed by atoms with E-state index in [0.717, 1.165) is 26.2 Å². The second-order valence-corrected chi connectivity index (χ2v) is 4.03. The monoisotopic (exact) mass is 184 g/mol. The average molecular weight is 184 g/mol. The van der Waals surface area contributed by atoms with E-state index in [0.29, 0.717) is 0 Å². The van der Waals surface area contributed by atoms with E-state index in [1.807, 2.05) is 6.08 Å². The van der Waals surface area contributed by atoms with Gasteiger partial charge in [0.15, 0.2) is 0 Å². The molecular weight excluding hydrogens is 160 g/mol. The van der Waals surface area contributed by atoms with E-state index in [1.165, 1.54) is 0 Å². The predicted octanol–water partition coefficient (Wildman–Crippen LogP) is 1.88. The summed E-state index contributed by atoms with van der Waals surface area (Å²) in [6.07, 6.45) is 1.96. The fraction of sp³-hybridized carbons (Fsp3) is 0.818. The first-order chi connectivity index (χ1) is 6.05. The number of nitrogens with one attached hydrogen (secondary N) is 1. The SMILES string of the molecule is C=CCN(CC)CC(C)(C)NCC. The molecule has 0 radical (unpaired) electrons. The van der Waals surface area contributed by atoms with Gasteiger partial charge in [0.2, 0.25) is 0 Å². The molecule has 2 heteroatoms. The first kappa shape index (κ1) is 12.7. The predicted molar refractivity (Wildman–Crippen MR) is 60.1 cm³/mol. The summed E-state index contributed by atoms with van der Waals surface area (Å²) < 4.78 is 0. The fourth-order valence-corrected chi connectivity index (χ4v) is 1.58. The summed E-state index contributed by atoms with van der Waals surface area (Å²) in [6, 6.07) is 0. The van der Waals surface area contributed by atoms with Gasteiger partial charge in [0.05, 0.1) is 0 Å². The molecule has 0 heterocycles. The van der Waals surface area contributed by atoms with E-state index in [9.17, 15) is 0 Å². The lowest BCUT2D eigenvalue weighted by atomic mass is 10.1. The summed E-state index contributed by atoms with van der Waals surface area (Å²) in [7, 11) is 0. The molecule has 2 nitrogen and oxygen atoms in total. The first-order valence-electron chi connectivity index (χ1n) is 5.14. The first-order valence-corrected chi connectivity index (χ1v) is 5.14. The Morgan fingerprint density at radius 3 is 2.38 bits per heavy atom. The van der Waals surface area contributed by atoms with Crippen molar-refractivity contribution in [2.24, 2.45) is 0 Å². The zero-order chi connectivity index (χ0) is 10.3. The maximum Gasteiger partial charge on any atom is 0.0252 e. The summed E-state index contributed by atoms with van der Waals surface area (Å²) in [5, 5.41) is 3.47. The van der Waals surface area contributed by atoms with Gasteiger partial charge in [-0.3, -0.25) is 4.90 Å². The van der Waals surface area contributed by atoms with Crippen LogP contribution in [0.5, 0.6) is 0 Å². The van der Waals surface area contributed by atoms with Crippen LogP contribution in [-0.2, 0) is 0 Å². The molecule has 0 atom stereocenters. The van der Waals surface area contributed by atoms with Crippen LogP contribution >= 0.6 is 0 Å². The molecule has 0 aliphatic heterocycles. The zero-order valence-corrected chi connectivity index (χ0v) is 9.56. The van der Waals surface area contributed by atoms with Crippen LogP contribution in [-0.4, -0.2) is 36.6 Å². The van der Waals surface area contributed by atoms with Crippen LogP contribution in [0.2, 0.25) is 0 Å². The lowest BCUT2D eigenvalue weighted by molar-refractivity contribution is 0.227. The van der Waals surface area contributed by atoms with Crippen molar-refractivity contribution >= 4 is 0 Å². The van der Waals surface area contributed by atoms with Crippen molar-refractivity contribution in [3.63, 3.8) is 0 Å². The molecule has 0 rings (SSSR count). The Balaban J connectivity index is 3.96. The molecule has 0 aromatic carbocycles. The van der Waals surface area contributed by atoms with Crippen molar-refractivity contribution in [3.05, 3.63) is 12.7 Å². The normalized spacial score (nSPS) is 12.1. The van der Waals surface area contributed by atoms with E-state index >= 15 is 0 Å². The van der Waals surface area contributed by atoms with E-state index in [2.05, 4.69) is 44.5 Å². The van der Waals surface area contributed by atoms with Gasteiger partial charge in [0, 0.05) is 18.6 Å². The maximum atomic E-state index is 3.76. The van der Waals surface area contributed by atoms with E-state index in [-0.39, 0.29) is 5.54 Å². The van der Waals surface area contributed by atoms with Crippen LogP contribution in [0.25, 0.3) is 0 Å². The number of likely N-dealkylation sites (N-methyl/N-ethyl adjacent to an activating group) is 2. The highest BCUT2D eigenvalue weighted by Gasteiger charge is 2.18. The molecule has 0 saturated carbocycles. The van der Waals surface area contributed by atoms with E-state index in [4.69, 9.17) is 0 Å². The minimum atomic E-state index is 0.202. The number of rotatable bonds is 7. The topological polar surface area (TPSA) is 15.3 Å². The molecular formula is C11H24N2. The van der Waals surface area contributed by atoms with Crippen LogP contribution in [0, 0.1) is 0 Å². The minimum Gasteiger partial charge on any atom is -0.311 e. The Labute approximate surface area is 83.0 Å². The Kier molecular flexibility index (Phi) is 6.00. The van der Waals surface area contributed by atoms with Gasteiger partial charge < -0.3 is 5.32 Å². The Hall–Kier alpha value is -0.340. The summed E-state index contributed by atoms with van der Waals surface area (Å²) in [4.78, 5) is 2.38. The number of nitrogens with zero attached hydrogens (tertiary/aromatic N) is 1. The molecule has 0 aliphatic carbocycles. The molecule has 0 saturated heterocycles. The third kappa shape index (κ3) is 5.83. The molecule has 0 unspecified atom stereocenters. The second kappa shape index (κ2) is 6.17. The van der Waals surface area contributed by atoms with Crippen LogP contribution in [0.4, 0.5) is 0 Å². The molecule has 0 aromatic heterocycles. The highest BCUT2D eigenvalue weighted by Crippen LogP contribution is 2.04. The number of hydrogen-bond acceptors (Lipinski definition) is 2. The molecule has 0 bridgehead atoms. The van der Waals surface area contributed by atoms with Gasteiger partial charge in [-0.25, -0.2) is 0 Å². The van der Waals surface area contributed by atoms with Crippen molar-refractivity contribution in [3.8, 4) is 0 Å². The highest BCUT2D eigenvalue weighted by molar-refractivity contribution is 4.83. The molecule has 1 N–H and O–H groups in total. The standard InChI is InChI=1S/C11H24N2/c1-6-9-13(8-3)10-11(4,5)12-7-2/h6,12H,1,7-10H2,2-5H3. The van der Waals surface area contributed by atoms with Crippen molar-refractivity contribution in [1.82, 2.24) is 10.2 Å². The van der Waals surface area contributed by atoms with Crippen LogP contribution < -0.4 is 5.32 Å². The molecule has 0 amide bonds. The Morgan fingerprint density at radius 2 is 2.00 bits per heavy atom. The molecule has 13 heavy (non-hydrogen) atoms. The minimum absolute atomic E-state index is 0.202. The summed E-state index contributed by atoms with van der Waals surface area (Å²) in [5.74, 6) is 0. The van der Waals surface area contributed by atoms with Crippen molar-refractivity contribution in [1.29, 1.82) is 0 Å². The zero-order valence-electron chi connectivity index (χ0n) is 9.56. The Bertz CT molecular complexity index is 141. The number of hydrogen-bond donors (Lipinski definition) is 1. The summed E-state index contributed by atoms with van der Waals surface area (Å²) >= 11 is 0. The fourth-order valence-electron chi connectivity index (χ4n) is 1.58. The quantitative estimate of drug-likeness (QED) is 0.608. The van der Waals surface area contributed by atoms with Gasteiger partial charge in [-0.15, -0.1) is 6.58 Å². The van der Waals surface area contributed by atoms with Crippen molar-refractivity contribution < 1.29 is 0 Å². The van der Waals surface area contributed by atoms with Crippen LogP contribution in [0.15, 0.2) is 12.7 Å². The average Bonchev–Trinajstić information content (AvgIpc) is 2.03. The lowest BCUT2D eigenvalue weighted by Crippen LogP contribution is -2.49. The highest BCUT2D eigenvalue weighted by atomic mass is 15.2. The van der Waals surface area contributed by atoms with Gasteiger partial charge in [-0.05, 0) is 26.9 Å². The van der Waals surface area contributed by atoms with E-state index in [1.54, 1.807) is 0 Å². The third-order valence-electron chi connectivity index (χ3n) is 2.11. The van der Waals surface area contributed by atoms with Crippen LogP contribution in [0.1, 0.15) is 27.7 Å². The third-order valence-corrected chi connectivity index (χ3v) is 2.11. The molecule has 0 spiro atoms. The Morgan fingerprint density at radius 1 is 1.38 bits per heavy atom. The van der Waals surface area contributed by atoms with Crippen molar-refractivity contribution in [2.45, 2.75) is 33.2 Å². The summed E-state index contributed by atoms with van der Waals surface area (Å²) in [5.41, 5.74) is 0.202. The maximum absolute atomic E-state index is 3.76.